The van der Waals surface area contributed by atoms with Crippen molar-refractivity contribution in [1.82, 2.24) is 0 Å². The molecule has 1 aliphatic carbocycles. The van der Waals surface area contributed by atoms with Gasteiger partial charge in [0.05, 0.1) is 12.2 Å². The third-order valence-corrected chi connectivity index (χ3v) is 4.69. The molecule has 0 amide bonds. The van der Waals surface area contributed by atoms with Crippen LogP contribution in [0, 0.1) is 5.92 Å². The van der Waals surface area contributed by atoms with E-state index in [9.17, 15) is 0 Å². The van der Waals surface area contributed by atoms with Crippen molar-refractivity contribution < 1.29 is 4.74 Å². The first-order chi connectivity index (χ1) is 8.65. The third kappa shape index (κ3) is 3.34. The summed E-state index contributed by atoms with van der Waals surface area (Å²) in [6, 6.07) is 8.22. The highest BCUT2D eigenvalue weighted by Crippen LogP contribution is 2.35. The summed E-state index contributed by atoms with van der Waals surface area (Å²) in [6.07, 6.45) is 4.72. The van der Waals surface area contributed by atoms with Crippen LogP contribution in [0.5, 0.6) is 0 Å². The molecule has 1 aliphatic rings. The summed E-state index contributed by atoms with van der Waals surface area (Å²) in [4.78, 5) is 0. The van der Waals surface area contributed by atoms with Gasteiger partial charge >= 0.3 is 0 Å². The highest BCUT2D eigenvalue weighted by Gasteiger charge is 2.34. The molecule has 100 valence electrons. The highest BCUT2D eigenvalue weighted by molar-refractivity contribution is 9.10. The minimum Gasteiger partial charge on any atom is -0.369 e. The van der Waals surface area contributed by atoms with Crippen LogP contribution >= 0.6 is 15.9 Å². The SMILES string of the molecule is CC1CCCC(CN)(OCc2ccccc2Br)C1. The van der Waals surface area contributed by atoms with Gasteiger partial charge in [-0.25, -0.2) is 0 Å². The predicted octanol–water partition coefficient (Wildman–Crippen LogP) is 3.87. The molecule has 2 unspecified atom stereocenters. The first-order valence-corrected chi connectivity index (χ1v) is 7.52. The van der Waals surface area contributed by atoms with Crippen molar-refractivity contribution in [3.63, 3.8) is 0 Å². The molecule has 2 N–H and O–H groups in total. The minimum absolute atomic E-state index is 0.104. The van der Waals surface area contributed by atoms with Gasteiger partial charge in [-0.2, -0.15) is 0 Å². The van der Waals surface area contributed by atoms with E-state index in [1.54, 1.807) is 0 Å². The first-order valence-electron chi connectivity index (χ1n) is 6.73. The first kappa shape index (κ1) is 14.0. The zero-order valence-electron chi connectivity index (χ0n) is 11.0. The zero-order valence-corrected chi connectivity index (χ0v) is 12.6. The number of nitrogens with two attached hydrogens (primary N) is 1. The molecule has 18 heavy (non-hydrogen) atoms. The molecule has 1 fully saturated rings. The Hall–Kier alpha value is -0.380. The number of hydrogen-bond donors (Lipinski definition) is 1. The molecule has 0 heterocycles. The van der Waals surface area contributed by atoms with Crippen LogP contribution in [0.2, 0.25) is 0 Å². The van der Waals surface area contributed by atoms with Crippen molar-refractivity contribution in [2.45, 2.75) is 44.8 Å². The molecule has 1 aromatic carbocycles. The Kier molecular flexibility index (Phi) is 4.82. The predicted molar refractivity (Wildman–Crippen MR) is 78.3 cm³/mol. The summed E-state index contributed by atoms with van der Waals surface area (Å²) >= 11 is 3.56. The Labute approximate surface area is 118 Å². The lowest BCUT2D eigenvalue weighted by molar-refractivity contribution is -0.0841. The van der Waals surface area contributed by atoms with Gasteiger partial charge in [0.2, 0.25) is 0 Å². The summed E-state index contributed by atoms with van der Waals surface area (Å²) in [5.74, 6) is 0.724. The van der Waals surface area contributed by atoms with Gasteiger partial charge in [-0.3, -0.25) is 0 Å². The monoisotopic (exact) mass is 311 g/mol. The number of ether oxygens (including phenoxy) is 1. The van der Waals surface area contributed by atoms with Crippen molar-refractivity contribution in [2.75, 3.05) is 6.54 Å². The molecule has 3 heteroatoms. The standard InChI is InChI=1S/C15H22BrNO/c1-12-5-4-8-15(9-12,11-17)18-10-13-6-2-3-7-14(13)16/h2-3,6-7,12H,4-5,8-11,17H2,1H3. The average molecular weight is 312 g/mol. The van der Waals surface area contributed by atoms with Gasteiger partial charge in [-0.05, 0) is 30.4 Å². The zero-order chi connectivity index (χ0) is 13.0. The molecular formula is C15H22BrNO. The molecule has 2 nitrogen and oxygen atoms in total. The lowest BCUT2D eigenvalue weighted by Crippen LogP contribution is -2.44. The fraction of sp³-hybridized carbons (Fsp3) is 0.600. The second-order valence-corrected chi connectivity index (χ2v) is 6.32. The Balaban J connectivity index is 2.01. The van der Waals surface area contributed by atoms with Crippen LogP contribution in [-0.4, -0.2) is 12.1 Å². The summed E-state index contributed by atoms with van der Waals surface area (Å²) in [5, 5.41) is 0. The Morgan fingerprint density at radius 2 is 2.22 bits per heavy atom. The minimum atomic E-state index is -0.104. The van der Waals surface area contributed by atoms with Crippen molar-refractivity contribution in [3.8, 4) is 0 Å². The fourth-order valence-electron chi connectivity index (χ4n) is 2.83. The molecule has 2 rings (SSSR count). The summed E-state index contributed by atoms with van der Waals surface area (Å²) in [5.41, 5.74) is 7.06. The van der Waals surface area contributed by atoms with Gasteiger partial charge in [-0.1, -0.05) is 53.9 Å². The highest BCUT2D eigenvalue weighted by atomic mass is 79.9. The van der Waals surface area contributed by atoms with Crippen molar-refractivity contribution >= 4 is 15.9 Å². The van der Waals surface area contributed by atoms with E-state index in [2.05, 4.69) is 35.0 Å². The summed E-state index contributed by atoms with van der Waals surface area (Å²) in [6.45, 7) is 3.57. The lowest BCUT2D eigenvalue weighted by atomic mass is 9.79. The summed E-state index contributed by atoms with van der Waals surface area (Å²) in [7, 11) is 0. The lowest BCUT2D eigenvalue weighted by Gasteiger charge is -2.39. The fourth-order valence-corrected chi connectivity index (χ4v) is 3.23. The van der Waals surface area contributed by atoms with E-state index in [-0.39, 0.29) is 5.60 Å². The van der Waals surface area contributed by atoms with Gasteiger partial charge in [-0.15, -0.1) is 0 Å². The van der Waals surface area contributed by atoms with Crippen LogP contribution < -0.4 is 5.73 Å². The van der Waals surface area contributed by atoms with Crippen molar-refractivity contribution in [3.05, 3.63) is 34.3 Å². The average Bonchev–Trinajstić information content (AvgIpc) is 2.38. The van der Waals surface area contributed by atoms with Crippen LogP contribution in [-0.2, 0) is 11.3 Å². The maximum absolute atomic E-state index is 6.20. The quantitative estimate of drug-likeness (QED) is 0.916. The number of hydrogen-bond acceptors (Lipinski definition) is 2. The van der Waals surface area contributed by atoms with Crippen LogP contribution in [0.4, 0.5) is 0 Å². The van der Waals surface area contributed by atoms with E-state index < -0.39 is 0 Å². The Morgan fingerprint density at radius 3 is 2.89 bits per heavy atom. The molecule has 0 saturated heterocycles. The molecule has 1 aromatic rings. The van der Waals surface area contributed by atoms with E-state index in [4.69, 9.17) is 10.5 Å². The second-order valence-electron chi connectivity index (χ2n) is 5.47. The largest absolute Gasteiger partial charge is 0.369 e. The van der Waals surface area contributed by atoms with Crippen LogP contribution in [0.1, 0.15) is 38.2 Å². The molecule has 0 radical (unpaired) electrons. The molecular weight excluding hydrogens is 290 g/mol. The molecule has 0 aliphatic heterocycles. The van der Waals surface area contributed by atoms with E-state index in [1.807, 2.05) is 12.1 Å². The topological polar surface area (TPSA) is 35.2 Å². The van der Waals surface area contributed by atoms with Crippen LogP contribution in [0.3, 0.4) is 0 Å². The van der Waals surface area contributed by atoms with Gasteiger partial charge in [0.25, 0.3) is 0 Å². The number of benzene rings is 1. The Bertz CT molecular complexity index is 396. The molecule has 0 bridgehead atoms. The molecule has 0 spiro atoms. The molecule has 2 atom stereocenters. The normalized spacial score (nSPS) is 28.3. The van der Waals surface area contributed by atoms with Crippen molar-refractivity contribution in [2.24, 2.45) is 11.7 Å². The maximum Gasteiger partial charge on any atom is 0.0811 e. The van der Waals surface area contributed by atoms with Crippen LogP contribution in [0.25, 0.3) is 0 Å². The third-order valence-electron chi connectivity index (χ3n) is 3.91. The van der Waals surface area contributed by atoms with Gasteiger partial charge in [0, 0.05) is 11.0 Å². The van der Waals surface area contributed by atoms with Gasteiger partial charge < -0.3 is 10.5 Å². The smallest absolute Gasteiger partial charge is 0.0811 e. The number of rotatable bonds is 4. The Morgan fingerprint density at radius 1 is 1.44 bits per heavy atom. The van der Waals surface area contributed by atoms with E-state index in [0.29, 0.717) is 13.2 Å². The van der Waals surface area contributed by atoms with Crippen molar-refractivity contribution in [1.29, 1.82) is 0 Å². The summed E-state index contributed by atoms with van der Waals surface area (Å²) < 4.78 is 7.31. The van der Waals surface area contributed by atoms with Crippen LogP contribution in [0.15, 0.2) is 28.7 Å². The van der Waals surface area contributed by atoms with E-state index in [0.717, 1.165) is 23.2 Å². The molecule has 0 aromatic heterocycles. The maximum atomic E-state index is 6.20. The van der Waals surface area contributed by atoms with Gasteiger partial charge in [0.15, 0.2) is 0 Å². The van der Waals surface area contributed by atoms with E-state index >= 15 is 0 Å². The number of halogens is 1. The van der Waals surface area contributed by atoms with Gasteiger partial charge in [0.1, 0.15) is 0 Å². The van der Waals surface area contributed by atoms with E-state index in [1.165, 1.54) is 18.4 Å². The molecule has 1 saturated carbocycles. The second kappa shape index (κ2) is 6.18.